The van der Waals surface area contributed by atoms with E-state index in [0.29, 0.717) is 5.04 Å². The van der Waals surface area contributed by atoms with Crippen LogP contribution in [0, 0.1) is 11.8 Å². The van der Waals surface area contributed by atoms with E-state index in [2.05, 4.69) is 17.4 Å². The highest BCUT2D eigenvalue weighted by molar-refractivity contribution is 8.14. The molecule has 94 valence electrons. The predicted octanol–water partition coefficient (Wildman–Crippen LogP) is 2.33. The van der Waals surface area contributed by atoms with Gasteiger partial charge in [0.05, 0.1) is 5.92 Å². The zero-order valence-electron chi connectivity index (χ0n) is 10.5. The van der Waals surface area contributed by atoms with Gasteiger partial charge in [-0.3, -0.25) is 4.79 Å². The second-order valence-electron chi connectivity index (χ2n) is 3.98. The topological polar surface area (TPSA) is 61.7 Å². The highest BCUT2D eigenvalue weighted by Gasteiger charge is 2.27. The van der Waals surface area contributed by atoms with Gasteiger partial charge in [-0.05, 0) is 18.1 Å². The van der Waals surface area contributed by atoms with Crippen molar-refractivity contribution in [3.05, 3.63) is 0 Å². The van der Waals surface area contributed by atoms with Crippen LogP contribution in [-0.2, 0) is 4.79 Å². The minimum Gasteiger partial charge on any atom is -0.410 e. The first-order chi connectivity index (χ1) is 7.58. The van der Waals surface area contributed by atoms with Gasteiger partial charge in [-0.1, -0.05) is 32.3 Å². The third-order valence-corrected chi connectivity index (χ3v) is 3.43. The van der Waals surface area contributed by atoms with Crippen LogP contribution in [0.25, 0.3) is 0 Å². The van der Waals surface area contributed by atoms with Crippen LogP contribution in [0.4, 0.5) is 0 Å². The Morgan fingerprint density at radius 1 is 1.50 bits per heavy atom. The van der Waals surface area contributed by atoms with Crippen LogP contribution in [-0.4, -0.2) is 29.0 Å². The Balaban J connectivity index is 4.54. The van der Waals surface area contributed by atoms with E-state index >= 15 is 0 Å². The van der Waals surface area contributed by atoms with Crippen molar-refractivity contribution >= 4 is 22.7 Å². The monoisotopic (exact) mass is 246 g/mol. The van der Waals surface area contributed by atoms with Crippen LogP contribution in [0.1, 0.15) is 33.6 Å². The molecule has 1 unspecified atom stereocenters. The molecule has 16 heavy (non-hydrogen) atoms. The summed E-state index contributed by atoms with van der Waals surface area (Å²) in [6.07, 6.45) is 2.15. The molecule has 0 saturated heterocycles. The van der Waals surface area contributed by atoms with Gasteiger partial charge in [-0.2, -0.15) is 0 Å². The van der Waals surface area contributed by atoms with Gasteiger partial charge in [0.25, 0.3) is 0 Å². The fraction of sp³-hybridized carbons (Fsp3) is 0.818. The lowest BCUT2D eigenvalue weighted by molar-refractivity contribution is -0.123. The van der Waals surface area contributed by atoms with E-state index in [4.69, 9.17) is 5.21 Å². The number of oxime groups is 1. The summed E-state index contributed by atoms with van der Waals surface area (Å²) in [5.74, 6) is 0.569. The number of amides is 1. The Hall–Kier alpha value is -0.710. The summed E-state index contributed by atoms with van der Waals surface area (Å²) in [5, 5.41) is 15.4. The molecule has 5 heteroatoms. The zero-order chi connectivity index (χ0) is 12.6. The minimum atomic E-state index is -0.350. The largest absolute Gasteiger partial charge is 0.410 e. The summed E-state index contributed by atoms with van der Waals surface area (Å²) < 4.78 is 0. The Labute approximate surface area is 102 Å². The molecule has 0 rings (SSSR count). The van der Waals surface area contributed by atoms with Gasteiger partial charge in [0.15, 0.2) is 0 Å². The summed E-state index contributed by atoms with van der Waals surface area (Å²) in [6, 6.07) is 0. The van der Waals surface area contributed by atoms with E-state index < -0.39 is 0 Å². The first-order valence-electron chi connectivity index (χ1n) is 5.64. The van der Waals surface area contributed by atoms with Gasteiger partial charge in [0, 0.05) is 7.05 Å². The van der Waals surface area contributed by atoms with Crippen LogP contribution in [0.2, 0.25) is 0 Å². The summed E-state index contributed by atoms with van der Waals surface area (Å²) in [4.78, 5) is 11.7. The van der Waals surface area contributed by atoms with Crippen LogP contribution in [0.3, 0.4) is 0 Å². The van der Waals surface area contributed by atoms with E-state index in [0.717, 1.165) is 18.6 Å². The molecule has 0 aliphatic rings. The SMILES string of the molecule is CCCCSC(=NO)C(C(=O)NC)C(C)C. The molecule has 1 amide bonds. The molecule has 0 aliphatic carbocycles. The van der Waals surface area contributed by atoms with Crippen molar-refractivity contribution in [2.45, 2.75) is 33.6 Å². The number of thioether (sulfide) groups is 1. The summed E-state index contributed by atoms with van der Waals surface area (Å²) in [7, 11) is 1.60. The number of carbonyl (C=O) groups excluding carboxylic acids is 1. The van der Waals surface area contributed by atoms with Crippen LogP contribution >= 0.6 is 11.8 Å². The van der Waals surface area contributed by atoms with Gasteiger partial charge >= 0.3 is 0 Å². The third-order valence-electron chi connectivity index (χ3n) is 2.31. The van der Waals surface area contributed by atoms with Crippen molar-refractivity contribution in [3.8, 4) is 0 Å². The van der Waals surface area contributed by atoms with Crippen molar-refractivity contribution in [3.63, 3.8) is 0 Å². The minimum absolute atomic E-state index is 0.0909. The maximum Gasteiger partial charge on any atom is 0.229 e. The predicted molar refractivity (Wildman–Crippen MR) is 69.0 cm³/mol. The Morgan fingerprint density at radius 3 is 2.50 bits per heavy atom. The smallest absolute Gasteiger partial charge is 0.229 e. The molecule has 0 bridgehead atoms. The van der Waals surface area contributed by atoms with E-state index in [-0.39, 0.29) is 17.7 Å². The number of nitrogens with one attached hydrogen (secondary N) is 1. The van der Waals surface area contributed by atoms with Gasteiger partial charge in [0.2, 0.25) is 5.91 Å². The van der Waals surface area contributed by atoms with Gasteiger partial charge in [-0.25, -0.2) is 0 Å². The fourth-order valence-corrected chi connectivity index (χ4v) is 2.62. The first kappa shape index (κ1) is 15.3. The number of nitrogens with zero attached hydrogens (tertiary/aromatic N) is 1. The van der Waals surface area contributed by atoms with Crippen LogP contribution in [0.5, 0.6) is 0 Å². The quantitative estimate of drug-likeness (QED) is 0.248. The average Bonchev–Trinajstić information content (AvgIpc) is 2.26. The molecule has 0 spiro atoms. The van der Waals surface area contributed by atoms with Crippen molar-refractivity contribution in [2.75, 3.05) is 12.8 Å². The number of hydrogen-bond acceptors (Lipinski definition) is 4. The summed E-state index contributed by atoms with van der Waals surface area (Å²) in [5.41, 5.74) is 0. The number of carbonyl (C=O) groups is 1. The molecular weight excluding hydrogens is 224 g/mol. The molecule has 0 aromatic carbocycles. The Bertz CT molecular complexity index is 242. The lowest BCUT2D eigenvalue weighted by atomic mass is 9.96. The van der Waals surface area contributed by atoms with Crippen LogP contribution in [0.15, 0.2) is 5.16 Å². The van der Waals surface area contributed by atoms with Gasteiger partial charge < -0.3 is 10.5 Å². The Kier molecular flexibility index (Phi) is 8.07. The molecule has 0 radical (unpaired) electrons. The number of hydrogen-bond donors (Lipinski definition) is 2. The van der Waals surface area contributed by atoms with Crippen molar-refractivity contribution in [1.82, 2.24) is 5.32 Å². The lowest BCUT2D eigenvalue weighted by Gasteiger charge is -2.19. The second kappa shape index (κ2) is 8.44. The summed E-state index contributed by atoms with van der Waals surface area (Å²) >= 11 is 1.47. The van der Waals surface area contributed by atoms with Gasteiger partial charge in [0.1, 0.15) is 5.04 Å². The first-order valence-corrected chi connectivity index (χ1v) is 6.63. The van der Waals surface area contributed by atoms with E-state index in [1.165, 1.54) is 11.8 Å². The standard InChI is InChI=1S/C11H22N2O2S/c1-5-6-7-16-11(13-15)9(8(2)3)10(14)12-4/h8-9,15H,5-7H2,1-4H3,(H,12,14). The normalized spacial score (nSPS) is 13.9. The molecule has 0 fully saturated rings. The molecular formula is C11H22N2O2S. The maximum atomic E-state index is 11.7. The molecule has 1 atom stereocenters. The number of rotatable bonds is 6. The van der Waals surface area contributed by atoms with Gasteiger partial charge in [-0.15, -0.1) is 11.8 Å². The lowest BCUT2D eigenvalue weighted by Crippen LogP contribution is -2.35. The average molecular weight is 246 g/mol. The Morgan fingerprint density at radius 2 is 2.12 bits per heavy atom. The van der Waals surface area contributed by atoms with E-state index in [9.17, 15) is 4.79 Å². The fourth-order valence-electron chi connectivity index (χ4n) is 1.36. The van der Waals surface area contributed by atoms with Crippen molar-refractivity contribution < 1.29 is 10.0 Å². The molecule has 0 aliphatic heterocycles. The second-order valence-corrected chi connectivity index (χ2v) is 5.09. The zero-order valence-corrected chi connectivity index (χ0v) is 11.3. The highest BCUT2D eigenvalue weighted by Crippen LogP contribution is 2.22. The third kappa shape index (κ3) is 4.88. The number of unbranched alkanes of at least 4 members (excludes halogenated alkanes) is 1. The van der Waals surface area contributed by atoms with Crippen molar-refractivity contribution in [1.29, 1.82) is 0 Å². The molecule has 2 N–H and O–H groups in total. The summed E-state index contributed by atoms with van der Waals surface area (Å²) in [6.45, 7) is 6.01. The molecule has 0 heterocycles. The molecule has 0 aromatic heterocycles. The van der Waals surface area contributed by atoms with E-state index in [1.54, 1.807) is 7.05 Å². The molecule has 0 aromatic rings. The highest BCUT2D eigenvalue weighted by atomic mass is 32.2. The maximum absolute atomic E-state index is 11.7. The van der Waals surface area contributed by atoms with E-state index in [1.807, 2.05) is 13.8 Å². The van der Waals surface area contributed by atoms with Crippen LogP contribution < -0.4 is 5.32 Å². The molecule has 4 nitrogen and oxygen atoms in total. The molecule has 0 saturated carbocycles. The van der Waals surface area contributed by atoms with Crippen molar-refractivity contribution in [2.24, 2.45) is 17.0 Å².